The summed E-state index contributed by atoms with van der Waals surface area (Å²) in [4.78, 5) is 64.7. The van der Waals surface area contributed by atoms with E-state index in [1.807, 2.05) is 19.1 Å². The Morgan fingerprint density at radius 2 is 1.25 bits per heavy atom. The highest BCUT2D eigenvalue weighted by atomic mass is 16.5. The molecule has 3 fully saturated rings. The van der Waals surface area contributed by atoms with Gasteiger partial charge in [0, 0.05) is 5.56 Å². The van der Waals surface area contributed by atoms with Gasteiger partial charge < -0.3 is 9.47 Å². The Morgan fingerprint density at radius 3 is 1.85 bits per heavy atom. The van der Waals surface area contributed by atoms with Crippen molar-refractivity contribution in [2.75, 3.05) is 11.5 Å². The van der Waals surface area contributed by atoms with Crippen molar-refractivity contribution in [3.8, 4) is 5.75 Å². The number of hydrogen-bond acceptors (Lipinski definition) is 7. The quantitative estimate of drug-likeness (QED) is 0.185. The maximum atomic E-state index is 13.0. The number of fused-ring (bicyclic) bond motifs is 5. The Morgan fingerprint density at radius 1 is 0.725 bits per heavy atom. The molecule has 3 aromatic carbocycles. The average Bonchev–Trinajstić information content (AvgIpc) is 3.66. The minimum absolute atomic E-state index is 0.140. The first kappa shape index (κ1) is 25.7. The molecule has 2 amide bonds. The fourth-order valence-electron chi connectivity index (χ4n) is 6.27. The van der Waals surface area contributed by atoms with Gasteiger partial charge in [0.25, 0.3) is 0 Å². The second-order valence-electron chi connectivity index (χ2n) is 10.7. The van der Waals surface area contributed by atoms with Crippen molar-refractivity contribution in [2.45, 2.75) is 26.2 Å². The minimum atomic E-state index is -0.697. The monoisotopic (exact) mass is 537 g/mol. The van der Waals surface area contributed by atoms with Gasteiger partial charge in [0.2, 0.25) is 11.8 Å². The summed E-state index contributed by atoms with van der Waals surface area (Å²) in [7, 11) is 0. The van der Waals surface area contributed by atoms with E-state index in [9.17, 15) is 24.0 Å². The number of Topliss-reactive ketones (excluding diaryl/α,β-unsaturated/α-hetero) is 1. The van der Waals surface area contributed by atoms with Crippen LogP contribution in [0.25, 0.3) is 0 Å². The fourth-order valence-corrected chi connectivity index (χ4v) is 6.27. The van der Waals surface area contributed by atoms with Crippen molar-refractivity contribution >= 4 is 35.2 Å². The van der Waals surface area contributed by atoms with E-state index in [4.69, 9.17) is 9.47 Å². The summed E-state index contributed by atoms with van der Waals surface area (Å²) < 4.78 is 10.5. The van der Waals surface area contributed by atoms with Crippen LogP contribution in [0, 0.1) is 30.6 Å². The number of anilines is 1. The van der Waals surface area contributed by atoms with Crippen LogP contribution < -0.4 is 9.64 Å². The first-order valence-electron chi connectivity index (χ1n) is 13.4. The number of amides is 2. The number of rotatable bonds is 7. The van der Waals surface area contributed by atoms with Crippen molar-refractivity contribution in [1.29, 1.82) is 0 Å². The lowest BCUT2D eigenvalue weighted by atomic mass is 9.81. The van der Waals surface area contributed by atoms with E-state index in [0.29, 0.717) is 28.7 Å². The van der Waals surface area contributed by atoms with Gasteiger partial charge in [-0.1, -0.05) is 17.7 Å². The summed E-state index contributed by atoms with van der Waals surface area (Å²) >= 11 is 0. The molecule has 0 aromatic heterocycles. The standard InChI is InChI=1S/C32H27NO7/c1-18-2-4-21(5-3-18)32(38)40-25-14-10-19(11-15-25)26(34)17-39-31(37)20-8-12-24(13-9-20)33-29(35)27-22-6-7-23(16-22)28(27)30(33)36/h2-5,8-15,22-23,27-28H,6-7,16-17H2,1H3. The van der Waals surface area contributed by atoms with Crippen LogP contribution >= 0.6 is 0 Å². The molecular formula is C32H27NO7. The molecule has 6 rings (SSSR count). The Balaban J connectivity index is 1.03. The lowest BCUT2D eigenvalue weighted by molar-refractivity contribution is -0.123. The zero-order valence-corrected chi connectivity index (χ0v) is 21.9. The number of ketones is 1. The number of aryl methyl sites for hydroxylation is 1. The molecule has 2 bridgehead atoms. The van der Waals surface area contributed by atoms with Crippen LogP contribution in [0.5, 0.6) is 5.75 Å². The summed E-state index contributed by atoms with van der Waals surface area (Å²) in [6.45, 7) is 1.45. The van der Waals surface area contributed by atoms with Gasteiger partial charge in [-0.15, -0.1) is 0 Å². The highest BCUT2D eigenvalue weighted by molar-refractivity contribution is 6.22. The molecule has 1 saturated heterocycles. The third kappa shape index (κ3) is 4.59. The normalized spacial score (nSPS) is 22.8. The molecule has 0 radical (unpaired) electrons. The van der Waals surface area contributed by atoms with E-state index in [1.165, 1.54) is 41.3 Å². The fraction of sp³-hybridized carbons (Fsp3) is 0.281. The predicted octanol–water partition coefficient (Wildman–Crippen LogP) is 4.79. The third-order valence-electron chi connectivity index (χ3n) is 8.30. The van der Waals surface area contributed by atoms with Gasteiger partial charge in [-0.05, 0) is 98.7 Å². The topological polar surface area (TPSA) is 107 Å². The second-order valence-corrected chi connectivity index (χ2v) is 10.7. The van der Waals surface area contributed by atoms with E-state index >= 15 is 0 Å². The van der Waals surface area contributed by atoms with E-state index < -0.39 is 24.3 Å². The van der Waals surface area contributed by atoms with Crippen LogP contribution in [0.1, 0.15) is 55.9 Å². The Hall–Kier alpha value is -4.59. The lowest BCUT2D eigenvalue weighted by Gasteiger charge is -2.19. The molecule has 4 unspecified atom stereocenters. The number of esters is 2. The summed E-state index contributed by atoms with van der Waals surface area (Å²) in [6, 6.07) is 19.1. The molecule has 4 atom stereocenters. The zero-order chi connectivity index (χ0) is 28.0. The zero-order valence-electron chi connectivity index (χ0n) is 21.9. The summed E-state index contributed by atoms with van der Waals surface area (Å²) in [5, 5.41) is 0. The molecule has 0 N–H and O–H groups in total. The first-order chi connectivity index (χ1) is 19.3. The number of benzene rings is 3. The second kappa shape index (κ2) is 10.2. The third-order valence-corrected chi connectivity index (χ3v) is 8.30. The Labute approximate surface area is 230 Å². The molecular weight excluding hydrogens is 510 g/mol. The maximum absolute atomic E-state index is 13.0. The van der Waals surface area contributed by atoms with Crippen molar-refractivity contribution < 1.29 is 33.4 Å². The molecule has 40 heavy (non-hydrogen) atoms. The Bertz CT molecular complexity index is 1480. The average molecular weight is 538 g/mol. The number of ether oxygens (including phenoxy) is 2. The van der Waals surface area contributed by atoms with E-state index in [1.54, 1.807) is 24.3 Å². The highest BCUT2D eigenvalue weighted by Crippen LogP contribution is 2.56. The Kier molecular flexibility index (Phi) is 6.54. The van der Waals surface area contributed by atoms with Gasteiger partial charge in [-0.25, -0.2) is 9.59 Å². The minimum Gasteiger partial charge on any atom is -0.454 e. The highest BCUT2D eigenvalue weighted by Gasteiger charge is 2.61. The number of imide groups is 1. The summed E-state index contributed by atoms with van der Waals surface area (Å²) in [5.41, 5.74) is 2.39. The predicted molar refractivity (Wildman–Crippen MR) is 144 cm³/mol. The van der Waals surface area contributed by atoms with Gasteiger partial charge in [-0.2, -0.15) is 0 Å². The molecule has 1 aliphatic heterocycles. The molecule has 0 spiro atoms. The van der Waals surface area contributed by atoms with Gasteiger partial charge >= 0.3 is 11.9 Å². The van der Waals surface area contributed by atoms with Crippen molar-refractivity contribution in [1.82, 2.24) is 0 Å². The van der Waals surface area contributed by atoms with Crippen LogP contribution in [0.2, 0.25) is 0 Å². The number of hydrogen-bond donors (Lipinski definition) is 0. The van der Waals surface area contributed by atoms with Crippen molar-refractivity contribution in [3.05, 3.63) is 95.1 Å². The molecule has 8 heteroatoms. The molecule has 3 aliphatic rings. The smallest absolute Gasteiger partial charge is 0.343 e. The molecule has 2 saturated carbocycles. The number of nitrogens with zero attached hydrogens (tertiary/aromatic N) is 1. The largest absolute Gasteiger partial charge is 0.454 e. The lowest BCUT2D eigenvalue weighted by Crippen LogP contribution is -2.32. The van der Waals surface area contributed by atoms with Crippen molar-refractivity contribution in [2.24, 2.45) is 23.7 Å². The van der Waals surface area contributed by atoms with Crippen LogP contribution in [0.15, 0.2) is 72.8 Å². The van der Waals surface area contributed by atoms with Crippen LogP contribution in [-0.4, -0.2) is 36.1 Å². The van der Waals surface area contributed by atoms with Gasteiger partial charge in [0.1, 0.15) is 5.75 Å². The van der Waals surface area contributed by atoms with E-state index in [2.05, 4.69) is 0 Å². The van der Waals surface area contributed by atoms with E-state index in [0.717, 1.165) is 24.8 Å². The van der Waals surface area contributed by atoms with Gasteiger partial charge in [0.05, 0.1) is 28.7 Å². The van der Waals surface area contributed by atoms with Gasteiger partial charge in [-0.3, -0.25) is 19.3 Å². The van der Waals surface area contributed by atoms with Crippen LogP contribution in [0.4, 0.5) is 5.69 Å². The summed E-state index contributed by atoms with van der Waals surface area (Å²) in [5.74, 6) is -1.45. The van der Waals surface area contributed by atoms with Crippen LogP contribution in [-0.2, 0) is 14.3 Å². The summed E-state index contributed by atoms with van der Waals surface area (Å²) in [6.07, 6.45) is 2.98. The first-order valence-corrected chi connectivity index (χ1v) is 13.4. The SMILES string of the molecule is Cc1ccc(C(=O)Oc2ccc(C(=O)COC(=O)c3ccc(N4C(=O)C5C6CCC(C6)C5C4=O)cc3)cc2)cc1. The van der Waals surface area contributed by atoms with Gasteiger partial charge in [0.15, 0.2) is 12.4 Å². The number of carbonyl (C=O) groups is 5. The molecule has 202 valence electrons. The van der Waals surface area contributed by atoms with Crippen molar-refractivity contribution in [3.63, 3.8) is 0 Å². The van der Waals surface area contributed by atoms with Crippen LogP contribution in [0.3, 0.4) is 0 Å². The van der Waals surface area contributed by atoms with E-state index in [-0.39, 0.29) is 35.0 Å². The molecule has 1 heterocycles. The molecule has 2 aliphatic carbocycles. The maximum Gasteiger partial charge on any atom is 0.343 e. The molecule has 8 nitrogen and oxygen atoms in total. The number of carbonyl (C=O) groups excluding carboxylic acids is 5. The molecule has 3 aromatic rings.